The Hall–Kier alpha value is -1.07. The highest BCUT2D eigenvalue weighted by atomic mass is 79.9. The number of aliphatic imine (C=N–C) groups is 1. The largest absolute Gasteiger partial charge is 0.381 e. The summed E-state index contributed by atoms with van der Waals surface area (Å²) in [5.41, 5.74) is 7.56. The second kappa shape index (κ2) is 8.34. The minimum absolute atomic E-state index is 0.0395. The van der Waals surface area contributed by atoms with Crippen molar-refractivity contribution in [3.63, 3.8) is 0 Å². The number of halogens is 1. The molecule has 0 bridgehead atoms. The summed E-state index contributed by atoms with van der Waals surface area (Å²) >= 11 is 3.52. The summed E-state index contributed by atoms with van der Waals surface area (Å²) in [7, 11) is 0. The van der Waals surface area contributed by atoms with Gasteiger partial charge in [-0.1, -0.05) is 47.3 Å². The van der Waals surface area contributed by atoms with Crippen molar-refractivity contribution >= 4 is 21.9 Å². The van der Waals surface area contributed by atoms with Crippen molar-refractivity contribution in [2.45, 2.75) is 56.4 Å². The van der Waals surface area contributed by atoms with Gasteiger partial charge in [0.05, 0.1) is 6.54 Å². The van der Waals surface area contributed by atoms with Crippen molar-refractivity contribution in [1.82, 2.24) is 5.32 Å². The van der Waals surface area contributed by atoms with E-state index in [4.69, 9.17) is 15.5 Å². The lowest BCUT2D eigenvalue weighted by Crippen LogP contribution is -2.43. The van der Waals surface area contributed by atoms with Gasteiger partial charge < -0.3 is 15.8 Å². The zero-order valence-corrected chi connectivity index (χ0v) is 15.9. The second-order valence-corrected chi connectivity index (χ2v) is 8.00. The fourth-order valence-corrected chi connectivity index (χ4v) is 4.11. The van der Waals surface area contributed by atoms with Gasteiger partial charge in [-0.05, 0) is 43.4 Å². The Labute approximate surface area is 153 Å². The van der Waals surface area contributed by atoms with Gasteiger partial charge in [0, 0.05) is 29.1 Å². The average molecular weight is 394 g/mol. The summed E-state index contributed by atoms with van der Waals surface area (Å²) < 4.78 is 6.70. The molecule has 3 rings (SSSR count). The van der Waals surface area contributed by atoms with Crippen molar-refractivity contribution in [2.75, 3.05) is 19.8 Å². The first-order chi connectivity index (χ1) is 11.7. The summed E-state index contributed by atoms with van der Waals surface area (Å²) in [5, 5.41) is 3.43. The average Bonchev–Trinajstić information content (AvgIpc) is 2.62. The molecule has 1 aliphatic carbocycles. The Balaban J connectivity index is 1.69. The lowest BCUT2D eigenvalue weighted by Gasteiger charge is -2.36. The summed E-state index contributed by atoms with van der Waals surface area (Å²) in [5.74, 6) is 0.602. The third kappa shape index (κ3) is 4.51. The fourth-order valence-electron chi connectivity index (χ4n) is 3.84. The van der Waals surface area contributed by atoms with Crippen molar-refractivity contribution in [2.24, 2.45) is 10.7 Å². The quantitative estimate of drug-likeness (QED) is 0.604. The van der Waals surface area contributed by atoms with Crippen LogP contribution in [0.15, 0.2) is 33.7 Å². The van der Waals surface area contributed by atoms with Gasteiger partial charge >= 0.3 is 0 Å². The van der Waals surface area contributed by atoms with Crippen LogP contribution in [-0.2, 0) is 10.2 Å². The molecule has 2 fully saturated rings. The summed E-state index contributed by atoms with van der Waals surface area (Å²) in [6.07, 6.45) is 8.35. The lowest BCUT2D eigenvalue weighted by molar-refractivity contribution is 0.0531. The SMILES string of the molecule is NC(=NCC1(c2ccc(Br)cc2)CCOCC1)NC1CCCCC1. The molecule has 1 aliphatic heterocycles. The molecule has 24 heavy (non-hydrogen) atoms. The molecule has 0 atom stereocenters. The maximum Gasteiger partial charge on any atom is 0.188 e. The molecule has 1 aromatic carbocycles. The molecular weight excluding hydrogens is 366 g/mol. The van der Waals surface area contributed by atoms with Crippen LogP contribution in [0.2, 0.25) is 0 Å². The molecule has 1 saturated heterocycles. The number of hydrogen-bond acceptors (Lipinski definition) is 2. The molecular formula is C19H28BrN3O. The van der Waals surface area contributed by atoms with Crippen LogP contribution in [0.1, 0.15) is 50.5 Å². The summed E-state index contributed by atoms with van der Waals surface area (Å²) in [4.78, 5) is 4.73. The fraction of sp³-hybridized carbons (Fsp3) is 0.632. The van der Waals surface area contributed by atoms with Gasteiger partial charge in [0.25, 0.3) is 0 Å². The van der Waals surface area contributed by atoms with E-state index in [1.54, 1.807) is 0 Å². The van der Waals surface area contributed by atoms with E-state index in [0.29, 0.717) is 12.0 Å². The Bertz CT molecular complexity index is 546. The maximum absolute atomic E-state index is 6.18. The van der Waals surface area contributed by atoms with Crippen molar-refractivity contribution < 1.29 is 4.74 Å². The highest BCUT2D eigenvalue weighted by Gasteiger charge is 2.34. The van der Waals surface area contributed by atoms with E-state index >= 15 is 0 Å². The minimum atomic E-state index is 0.0395. The van der Waals surface area contributed by atoms with E-state index in [1.165, 1.54) is 37.7 Å². The molecule has 0 aromatic heterocycles. The van der Waals surface area contributed by atoms with Gasteiger partial charge in [-0.2, -0.15) is 0 Å². The molecule has 0 amide bonds. The highest BCUT2D eigenvalue weighted by Crippen LogP contribution is 2.35. The van der Waals surface area contributed by atoms with Crippen LogP contribution in [0, 0.1) is 0 Å². The molecule has 0 radical (unpaired) electrons. The third-order valence-electron chi connectivity index (χ3n) is 5.42. The van der Waals surface area contributed by atoms with Gasteiger partial charge in [-0.15, -0.1) is 0 Å². The predicted molar refractivity (Wildman–Crippen MR) is 102 cm³/mol. The van der Waals surface area contributed by atoms with Crippen LogP contribution in [0.4, 0.5) is 0 Å². The van der Waals surface area contributed by atoms with Crippen LogP contribution in [0.5, 0.6) is 0 Å². The molecule has 3 N–H and O–H groups in total. The number of benzene rings is 1. The molecule has 1 aromatic rings. The smallest absolute Gasteiger partial charge is 0.188 e. The summed E-state index contributed by atoms with van der Waals surface area (Å²) in [6, 6.07) is 9.13. The molecule has 0 unspecified atom stereocenters. The maximum atomic E-state index is 6.18. The number of ether oxygens (including phenoxy) is 1. The van der Waals surface area contributed by atoms with E-state index in [2.05, 4.69) is 45.5 Å². The molecule has 1 saturated carbocycles. The zero-order chi connectivity index (χ0) is 16.8. The topological polar surface area (TPSA) is 59.6 Å². The Morgan fingerprint density at radius 1 is 1.17 bits per heavy atom. The molecule has 0 spiro atoms. The van der Waals surface area contributed by atoms with Gasteiger partial charge in [-0.25, -0.2) is 0 Å². The first-order valence-electron chi connectivity index (χ1n) is 9.08. The Morgan fingerprint density at radius 2 is 1.83 bits per heavy atom. The second-order valence-electron chi connectivity index (χ2n) is 7.08. The molecule has 2 aliphatic rings. The van der Waals surface area contributed by atoms with Crippen molar-refractivity contribution in [3.05, 3.63) is 34.3 Å². The predicted octanol–water partition coefficient (Wildman–Crippen LogP) is 3.73. The molecule has 1 heterocycles. The number of nitrogens with one attached hydrogen (secondary N) is 1. The Kier molecular flexibility index (Phi) is 6.17. The summed E-state index contributed by atoms with van der Waals surface area (Å²) in [6.45, 7) is 2.31. The first-order valence-corrected chi connectivity index (χ1v) is 9.88. The van der Waals surface area contributed by atoms with E-state index in [9.17, 15) is 0 Å². The van der Waals surface area contributed by atoms with Gasteiger partial charge in [0.2, 0.25) is 0 Å². The van der Waals surface area contributed by atoms with Crippen LogP contribution in [-0.4, -0.2) is 31.8 Å². The molecule has 5 heteroatoms. The number of hydrogen-bond donors (Lipinski definition) is 2. The number of nitrogens with two attached hydrogens (primary N) is 1. The van der Waals surface area contributed by atoms with E-state index in [0.717, 1.165) is 37.1 Å². The molecule has 4 nitrogen and oxygen atoms in total. The van der Waals surface area contributed by atoms with Crippen molar-refractivity contribution in [1.29, 1.82) is 0 Å². The molecule has 132 valence electrons. The third-order valence-corrected chi connectivity index (χ3v) is 5.94. The number of guanidine groups is 1. The normalized spacial score (nSPS) is 22.3. The lowest BCUT2D eigenvalue weighted by atomic mass is 9.74. The van der Waals surface area contributed by atoms with Gasteiger partial charge in [-0.3, -0.25) is 4.99 Å². The highest BCUT2D eigenvalue weighted by molar-refractivity contribution is 9.10. The first kappa shape index (κ1) is 17.7. The van der Waals surface area contributed by atoms with Crippen LogP contribution < -0.4 is 11.1 Å². The van der Waals surface area contributed by atoms with Gasteiger partial charge in [0.1, 0.15) is 0 Å². The standard InChI is InChI=1S/C19H28BrN3O/c20-16-8-6-15(7-9-16)19(10-12-24-13-11-19)14-22-18(21)23-17-4-2-1-3-5-17/h6-9,17H,1-5,10-14H2,(H3,21,22,23). The Morgan fingerprint density at radius 3 is 2.50 bits per heavy atom. The van der Waals surface area contributed by atoms with Crippen LogP contribution in [0.25, 0.3) is 0 Å². The van der Waals surface area contributed by atoms with Crippen LogP contribution >= 0.6 is 15.9 Å². The minimum Gasteiger partial charge on any atom is -0.381 e. The van der Waals surface area contributed by atoms with E-state index < -0.39 is 0 Å². The number of nitrogens with zero attached hydrogens (tertiary/aromatic N) is 1. The van der Waals surface area contributed by atoms with E-state index in [-0.39, 0.29) is 5.41 Å². The number of rotatable bonds is 4. The monoisotopic (exact) mass is 393 g/mol. The van der Waals surface area contributed by atoms with Gasteiger partial charge in [0.15, 0.2) is 5.96 Å². The zero-order valence-electron chi connectivity index (χ0n) is 14.3. The van der Waals surface area contributed by atoms with Crippen molar-refractivity contribution in [3.8, 4) is 0 Å². The van der Waals surface area contributed by atoms with Crippen LogP contribution in [0.3, 0.4) is 0 Å². The van der Waals surface area contributed by atoms with E-state index in [1.807, 2.05) is 0 Å².